The van der Waals surface area contributed by atoms with Gasteiger partial charge in [0.25, 0.3) is 0 Å². The Hall–Kier alpha value is -3.51. The van der Waals surface area contributed by atoms with Crippen molar-refractivity contribution < 1.29 is 14.2 Å². The number of benzene rings is 4. The Morgan fingerprint density at radius 1 is 0.882 bits per heavy atom. The van der Waals surface area contributed by atoms with Crippen molar-refractivity contribution in [1.29, 1.82) is 0 Å². The molecule has 0 bridgehead atoms. The maximum absolute atomic E-state index is 6.52. The van der Waals surface area contributed by atoms with Gasteiger partial charge in [-0.2, -0.15) is 5.10 Å². The second-order valence-corrected chi connectivity index (χ2v) is 9.39. The summed E-state index contributed by atoms with van der Waals surface area (Å²) < 4.78 is 18.5. The minimum absolute atomic E-state index is 0.0702. The van der Waals surface area contributed by atoms with E-state index in [1.807, 2.05) is 30.3 Å². The van der Waals surface area contributed by atoms with Crippen LogP contribution in [0.25, 0.3) is 10.8 Å². The van der Waals surface area contributed by atoms with Crippen molar-refractivity contribution in [3.05, 3.63) is 100 Å². The summed E-state index contributed by atoms with van der Waals surface area (Å²) in [6.45, 7) is 0. The summed E-state index contributed by atoms with van der Waals surface area (Å²) in [5.74, 6) is 2.23. The highest BCUT2D eigenvalue weighted by Crippen LogP contribution is 2.49. The number of fused-ring (bicyclic) bond motifs is 4. The van der Waals surface area contributed by atoms with Gasteiger partial charge in [0.2, 0.25) is 6.23 Å². The molecular weight excluding hydrogens is 492 g/mol. The molecule has 4 aromatic carbocycles. The molecule has 0 unspecified atom stereocenters. The Labute approximate surface area is 206 Å². The fraction of sp³-hybridized carbons (Fsp3) is 0.179. The number of halogens is 1. The molecule has 0 spiro atoms. The van der Waals surface area contributed by atoms with Gasteiger partial charge in [-0.05, 0) is 58.8 Å². The maximum atomic E-state index is 6.52. The SMILES string of the molecule is COc1ccc([C@@H]2Oc3ccc(Br)cc3[C@H]3CC(c4ccc5ccccc5c4)=NN32)cc1OC. The summed E-state index contributed by atoms with van der Waals surface area (Å²) in [5, 5.41) is 9.63. The van der Waals surface area contributed by atoms with Crippen LogP contribution in [0.15, 0.2) is 88.4 Å². The van der Waals surface area contributed by atoms with E-state index in [4.69, 9.17) is 19.3 Å². The van der Waals surface area contributed by atoms with Gasteiger partial charge in [0.05, 0.1) is 26.0 Å². The van der Waals surface area contributed by atoms with E-state index in [1.54, 1.807) is 14.2 Å². The Morgan fingerprint density at radius 3 is 2.53 bits per heavy atom. The number of ether oxygens (including phenoxy) is 3. The zero-order valence-corrected chi connectivity index (χ0v) is 20.5. The van der Waals surface area contributed by atoms with Crippen LogP contribution in [0.1, 0.15) is 35.4 Å². The summed E-state index contributed by atoms with van der Waals surface area (Å²) in [6, 6.07) is 27.1. The molecule has 6 rings (SSSR count). The second-order valence-electron chi connectivity index (χ2n) is 8.48. The van der Waals surface area contributed by atoms with Crippen molar-refractivity contribution in [3.8, 4) is 17.2 Å². The number of hydrazone groups is 1. The van der Waals surface area contributed by atoms with Crippen molar-refractivity contribution in [2.75, 3.05) is 14.2 Å². The van der Waals surface area contributed by atoms with Crippen LogP contribution in [-0.4, -0.2) is 24.9 Å². The second kappa shape index (κ2) is 8.37. The van der Waals surface area contributed by atoms with Gasteiger partial charge in [0.15, 0.2) is 11.5 Å². The maximum Gasteiger partial charge on any atom is 0.214 e. The number of methoxy groups -OCH3 is 2. The zero-order valence-electron chi connectivity index (χ0n) is 18.9. The molecule has 0 saturated heterocycles. The molecule has 34 heavy (non-hydrogen) atoms. The highest BCUT2D eigenvalue weighted by Gasteiger charge is 2.41. The van der Waals surface area contributed by atoms with Crippen LogP contribution < -0.4 is 14.2 Å². The molecule has 6 heteroatoms. The van der Waals surface area contributed by atoms with Crippen LogP contribution in [-0.2, 0) is 0 Å². The fourth-order valence-corrected chi connectivity index (χ4v) is 5.21. The standard InChI is InChI=1S/C28H23BrN2O3/c1-32-26-11-9-20(14-27(26)33-2)28-31-24(22-15-21(29)10-12-25(22)34-28)16-23(30-31)19-8-7-17-5-3-4-6-18(17)13-19/h3-15,24,28H,16H2,1-2H3/t24-,28+/m1/s1. The van der Waals surface area contributed by atoms with Crippen LogP contribution in [0, 0.1) is 0 Å². The molecule has 0 aromatic heterocycles. The van der Waals surface area contributed by atoms with Crippen LogP contribution in [0.2, 0.25) is 0 Å². The summed E-state index contributed by atoms with van der Waals surface area (Å²) in [4.78, 5) is 0. The molecule has 0 amide bonds. The summed E-state index contributed by atoms with van der Waals surface area (Å²) in [5.41, 5.74) is 4.28. The van der Waals surface area contributed by atoms with E-state index >= 15 is 0 Å². The van der Waals surface area contributed by atoms with Crippen LogP contribution in [0.3, 0.4) is 0 Å². The van der Waals surface area contributed by atoms with Crippen molar-refractivity contribution in [2.45, 2.75) is 18.7 Å². The van der Waals surface area contributed by atoms with E-state index in [9.17, 15) is 0 Å². The molecule has 2 aliphatic heterocycles. The summed E-state index contributed by atoms with van der Waals surface area (Å²) in [7, 11) is 3.28. The molecule has 2 heterocycles. The Balaban J connectivity index is 1.45. The molecule has 0 N–H and O–H groups in total. The van der Waals surface area contributed by atoms with E-state index < -0.39 is 0 Å². The molecule has 0 saturated carbocycles. The summed E-state index contributed by atoms with van der Waals surface area (Å²) in [6.07, 6.45) is 0.422. The molecule has 0 radical (unpaired) electrons. The minimum atomic E-state index is -0.378. The van der Waals surface area contributed by atoms with Gasteiger partial charge in [-0.3, -0.25) is 0 Å². The Bertz CT molecular complexity index is 1430. The molecule has 2 aliphatic rings. The van der Waals surface area contributed by atoms with Gasteiger partial charge < -0.3 is 14.2 Å². The number of hydrogen-bond acceptors (Lipinski definition) is 5. The molecular formula is C28H23BrN2O3. The topological polar surface area (TPSA) is 43.3 Å². The van der Waals surface area contributed by atoms with E-state index in [2.05, 4.69) is 69.5 Å². The molecule has 2 atom stereocenters. The lowest BCUT2D eigenvalue weighted by Crippen LogP contribution is -2.33. The molecule has 0 fully saturated rings. The van der Waals surface area contributed by atoms with Gasteiger partial charge in [-0.15, -0.1) is 0 Å². The lowest BCUT2D eigenvalue weighted by atomic mass is 9.95. The first-order valence-electron chi connectivity index (χ1n) is 11.2. The summed E-state index contributed by atoms with van der Waals surface area (Å²) >= 11 is 3.63. The lowest BCUT2D eigenvalue weighted by molar-refractivity contribution is -0.0192. The minimum Gasteiger partial charge on any atom is -0.493 e. The van der Waals surface area contributed by atoms with Crippen molar-refractivity contribution in [3.63, 3.8) is 0 Å². The first kappa shape index (κ1) is 21.1. The van der Waals surface area contributed by atoms with Gasteiger partial charge in [0, 0.05) is 22.0 Å². The van der Waals surface area contributed by atoms with Gasteiger partial charge in [-0.1, -0.05) is 52.3 Å². The zero-order chi connectivity index (χ0) is 23.2. The molecule has 4 aromatic rings. The predicted molar refractivity (Wildman–Crippen MR) is 137 cm³/mol. The Kier molecular flexibility index (Phi) is 5.18. The first-order chi connectivity index (χ1) is 16.6. The van der Waals surface area contributed by atoms with Crippen LogP contribution >= 0.6 is 15.9 Å². The number of nitrogens with zero attached hydrogens (tertiary/aromatic N) is 2. The van der Waals surface area contributed by atoms with Crippen molar-refractivity contribution in [1.82, 2.24) is 5.01 Å². The van der Waals surface area contributed by atoms with Crippen LogP contribution in [0.5, 0.6) is 17.2 Å². The number of hydrogen-bond donors (Lipinski definition) is 0. The molecule has 5 nitrogen and oxygen atoms in total. The third-order valence-electron chi connectivity index (χ3n) is 6.53. The average Bonchev–Trinajstić information content (AvgIpc) is 3.33. The van der Waals surface area contributed by atoms with Crippen molar-refractivity contribution in [2.24, 2.45) is 5.10 Å². The average molecular weight is 515 g/mol. The third-order valence-corrected chi connectivity index (χ3v) is 7.02. The lowest BCUT2D eigenvalue weighted by Gasteiger charge is -2.38. The van der Waals surface area contributed by atoms with Crippen molar-refractivity contribution >= 4 is 32.4 Å². The molecule has 0 aliphatic carbocycles. The highest BCUT2D eigenvalue weighted by atomic mass is 79.9. The van der Waals surface area contributed by atoms with E-state index in [0.717, 1.165) is 39.0 Å². The highest BCUT2D eigenvalue weighted by molar-refractivity contribution is 9.10. The van der Waals surface area contributed by atoms with Gasteiger partial charge >= 0.3 is 0 Å². The quantitative estimate of drug-likeness (QED) is 0.298. The monoisotopic (exact) mass is 514 g/mol. The fourth-order valence-electron chi connectivity index (χ4n) is 4.83. The third kappa shape index (κ3) is 3.49. The van der Waals surface area contributed by atoms with Crippen LogP contribution in [0.4, 0.5) is 0 Å². The largest absolute Gasteiger partial charge is 0.493 e. The Morgan fingerprint density at radius 2 is 1.71 bits per heavy atom. The smallest absolute Gasteiger partial charge is 0.214 e. The first-order valence-corrected chi connectivity index (χ1v) is 12.0. The van der Waals surface area contributed by atoms with E-state index in [0.29, 0.717) is 11.5 Å². The van der Waals surface area contributed by atoms with Gasteiger partial charge in [-0.25, -0.2) is 5.01 Å². The number of rotatable bonds is 4. The van der Waals surface area contributed by atoms with E-state index in [-0.39, 0.29) is 12.3 Å². The van der Waals surface area contributed by atoms with E-state index in [1.165, 1.54) is 10.8 Å². The predicted octanol–water partition coefficient (Wildman–Crippen LogP) is 6.86. The molecule has 170 valence electrons. The normalized spacial score (nSPS) is 18.7. The van der Waals surface area contributed by atoms with Gasteiger partial charge in [0.1, 0.15) is 5.75 Å².